The molecule has 0 spiro atoms. The molecule has 0 aliphatic carbocycles. The summed E-state index contributed by atoms with van der Waals surface area (Å²) in [6.07, 6.45) is 24.9. The molecule has 2 unspecified atom stereocenters. The van der Waals surface area contributed by atoms with Crippen LogP contribution in [0.1, 0.15) is 174 Å². The largest absolute Gasteiger partial charge is 0.481 e. The summed E-state index contributed by atoms with van der Waals surface area (Å²) in [6.45, 7) is 3.99. The van der Waals surface area contributed by atoms with Crippen LogP contribution in [0.5, 0.6) is 0 Å². The minimum Gasteiger partial charge on any atom is -0.481 e. The zero-order chi connectivity index (χ0) is 30.8. The lowest BCUT2D eigenvalue weighted by Gasteiger charge is -2.29. The molecule has 0 saturated heterocycles. The summed E-state index contributed by atoms with van der Waals surface area (Å²) in [5.41, 5.74) is -2.83. The van der Waals surface area contributed by atoms with Crippen LogP contribution >= 0.6 is 0 Å². The van der Waals surface area contributed by atoms with Crippen LogP contribution in [0.3, 0.4) is 0 Å². The Kier molecular flexibility index (Phi) is 24.5. The highest BCUT2D eigenvalue weighted by Gasteiger charge is 2.50. The normalized spacial score (nSPS) is 13.4. The van der Waals surface area contributed by atoms with E-state index in [2.05, 4.69) is 6.92 Å². The van der Waals surface area contributed by atoms with Crippen LogP contribution in [0.15, 0.2) is 0 Å². The van der Waals surface area contributed by atoms with Gasteiger partial charge in [-0.1, -0.05) is 149 Å². The van der Waals surface area contributed by atoms with Gasteiger partial charge in [0.2, 0.25) is 0 Å². The van der Waals surface area contributed by atoms with E-state index in [1.165, 1.54) is 103 Å². The van der Waals surface area contributed by atoms with Gasteiger partial charge in [-0.3, -0.25) is 14.4 Å². The summed E-state index contributed by atoms with van der Waals surface area (Å²) in [7, 11) is 0. The summed E-state index contributed by atoms with van der Waals surface area (Å²) in [4.78, 5) is 47.2. The van der Waals surface area contributed by atoms with Crippen molar-refractivity contribution in [2.24, 2.45) is 5.92 Å². The number of carboxylic acids is 2. The van der Waals surface area contributed by atoms with Crippen LogP contribution in [-0.2, 0) is 23.9 Å². The Labute approximate surface area is 249 Å². The van der Waals surface area contributed by atoms with Crippen molar-refractivity contribution in [3.05, 3.63) is 0 Å². The number of ether oxygens (including phenoxy) is 1. The predicted molar refractivity (Wildman–Crippen MR) is 162 cm³/mol. The van der Waals surface area contributed by atoms with Gasteiger partial charge in [0.05, 0.1) is 12.3 Å². The molecule has 0 aromatic rings. The van der Waals surface area contributed by atoms with E-state index in [0.717, 1.165) is 19.3 Å². The molecule has 0 aliphatic rings. The Hall–Kier alpha value is -1.96. The molecule has 2 atom stereocenters. The number of esters is 2. The quantitative estimate of drug-likeness (QED) is 0.0453. The van der Waals surface area contributed by atoms with Gasteiger partial charge in [-0.15, -0.1) is 0 Å². The van der Waals surface area contributed by atoms with E-state index >= 15 is 0 Å². The van der Waals surface area contributed by atoms with Gasteiger partial charge in [-0.2, -0.15) is 0 Å². The lowest BCUT2D eigenvalue weighted by molar-refractivity contribution is -0.184. The molecule has 0 fully saturated rings. The highest BCUT2D eigenvalue weighted by molar-refractivity contribution is 5.93. The number of rotatable bonds is 29. The van der Waals surface area contributed by atoms with Gasteiger partial charge >= 0.3 is 23.9 Å². The van der Waals surface area contributed by atoms with Crippen LogP contribution in [0.25, 0.3) is 0 Å². The molecule has 0 aromatic carbocycles. The zero-order valence-electron chi connectivity index (χ0n) is 26.1. The van der Waals surface area contributed by atoms with Gasteiger partial charge in [0.1, 0.15) is 0 Å². The third-order valence-corrected chi connectivity index (χ3v) is 7.92. The van der Waals surface area contributed by atoms with Gasteiger partial charge in [-0.05, 0) is 12.8 Å². The third-order valence-electron chi connectivity index (χ3n) is 7.92. The van der Waals surface area contributed by atoms with Crippen LogP contribution in [0.2, 0.25) is 0 Å². The molecule has 8 heteroatoms. The number of hydrogen-bond acceptors (Lipinski definition) is 6. The molecule has 3 N–H and O–H groups in total. The second-order valence-electron chi connectivity index (χ2n) is 11.8. The number of hydrogen-bond donors (Lipinski definition) is 3. The van der Waals surface area contributed by atoms with Crippen molar-refractivity contribution in [2.45, 2.75) is 180 Å². The van der Waals surface area contributed by atoms with Gasteiger partial charge in [-0.25, -0.2) is 4.79 Å². The lowest BCUT2D eigenvalue weighted by atomic mass is 9.81. The van der Waals surface area contributed by atoms with E-state index in [1.807, 2.05) is 0 Å². The smallest absolute Gasteiger partial charge is 0.337 e. The molecular weight excluding hydrogens is 524 g/mol. The standard InChI is InChI=1S/C33H60O8/c1-3-5-6-7-8-9-10-11-12-13-14-15-16-17-18-19-20-21-22-23-24-26-28(31(37)41-30(36)25-4-2)33(40,32(38)39)27-29(34)35/h28,40H,3-27H2,1-2H3,(H,34,35)(H,38,39). The molecule has 41 heavy (non-hydrogen) atoms. The SMILES string of the molecule is CCCCCCCCCCCCCCCCCCCCCCCC(C(=O)OC(=O)CCC)C(O)(CC(=O)O)C(=O)O. The third kappa shape index (κ3) is 20.5. The van der Waals surface area contributed by atoms with Gasteiger partial charge in [0.25, 0.3) is 0 Å². The molecule has 0 amide bonds. The molecule has 0 heterocycles. The number of carbonyl (C=O) groups is 4. The van der Waals surface area contributed by atoms with Crippen molar-refractivity contribution in [2.75, 3.05) is 0 Å². The number of unbranched alkanes of at least 4 members (excludes halogenated alkanes) is 20. The zero-order valence-corrected chi connectivity index (χ0v) is 26.1. The fourth-order valence-corrected chi connectivity index (χ4v) is 5.35. The molecule has 0 radical (unpaired) electrons. The second kappa shape index (κ2) is 25.7. The Bertz CT molecular complexity index is 707. The first-order valence-corrected chi connectivity index (χ1v) is 16.6. The highest BCUT2D eigenvalue weighted by atomic mass is 16.6. The van der Waals surface area contributed by atoms with Crippen LogP contribution in [-0.4, -0.2) is 44.8 Å². The first-order chi connectivity index (χ1) is 19.7. The fraction of sp³-hybridized carbons (Fsp3) is 0.879. The number of aliphatic hydroxyl groups is 1. The monoisotopic (exact) mass is 584 g/mol. The molecular formula is C33H60O8. The molecule has 8 nitrogen and oxygen atoms in total. The first kappa shape index (κ1) is 39.0. The second-order valence-corrected chi connectivity index (χ2v) is 11.8. The minimum atomic E-state index is -2.83. The molecule has 0 aromatic heterocycles. The van der Waals surface area contributed by atoms with E-state index in [4.69, 9.17) is 9.84 Å². The molecule has 240 valence electrons. The molecule has 0 aliphatic heterocycles. The minimum absolute atomic E-state index is 0.0255. The van der Waals surface area contributed by atoms with Gasteiger partial charge in [0.15, 0.2) is 5.60 Å². The van der Waals surface area contributed by atoms with Crippen molar-refractivity contribution in [1.82, 2.24) is 0 Å². The summed E-state index contributed by atoms with van der Waals surface area (Å²) >= 11 is 0. The van der Waals surface area contributed by atoms with Crippen molar-refractivity contribution in [3.8, 4) is 0 Å². The van der Waals surface area contributed by atoms with E-state index in [0.29, 0.717) is 19.3 Å². The number of aliphatic carboxylic acids is 2. The molecule has 0 bridgehead atoms. The van der Waals surface area contributed by atoms with Gasteiger partial charge < -0.3 is 20.1 Å². The summed E-state index contributed by atoms with van der Waals surface area (Å²) in [5, 5.41) is 29.2. The van der Waals surface area contributed by atoms with Crippen LogP contribution in [0, 0.1) is 5.92 Å². The Morgan fingerprint density at radius 3 is 1.27 bits per heavy atom. The average Bonchev–Trinajstić information content (AvgIpc) is 2.91. The van der Waals surface area contributed by atoms with Crippen molar-refractivity contribution in [1.29, 1.82) is 0 Å². The van der Waals surface area contributed by atoms with E-state index in [1.54, 1.807) is 6.92 Å². The Morgan fingerprint density at radius 1 is 0.585 bits per heavy atom. The maximum absolute atomic E-state index is 12.5. The van der Waals surface area contributed by atoms with E-state index in [-0.39, 0.29) is 12.8 Å². The van der Waals surface area contributed by atoms with Crippen LogP contribution in [0.4, 0.5) is 0 Å². The number of carbonyl (C=O) groups excluding carboxylic acids is 2. The van der Waals surface area contributed by atoms with Gasteiger partial charge in [0, 0.05) is 6.42 Å². The molecule has 0 rings (SSSR count). The summed E-state index contributed by atoms with van der Waals surface area (Å²) in [6, 6.07) is 0. The van der Waals surface area contributed by atoms with E-state index < -0.39 is 41.8 Å². The summed E-state index contributed by atoms with van der Waals surface area (Å²) < 4.78 is 4.73. The summed E-state index contributed by atoms with van der Waals surface area (Å²) in [5.74, 6) is -6.98. The van der Waals surface area contributed by atoms with Crippen molar-refractivity contribution in [3.63, 3.8) is 0 Å². The first-order valence-electron chi connectivity index (χ1n) is 16.6. The maximum Gasteiger partial charge on any atom is 0.337 e. The number of carboxylic acid groups (broad SMARTS) is 2. The molecule has 0 saturated carbocycles. The van der Waals surface area contributed by atoms with Crippen molar-refractivity contribution >= 4 is 23.9 Å². The Morgan fingerprint density at radius 2 is 0.951 bits per heavy atom. The Balaban J connectivity index is 4.01. The van der Waals surface area contributed by atoms with E-state index in [9.17, 15) is 29.4 Å². The van der Waals surface area contributed by atoms with Crippen molar-refractivity contribution < 1.29 is 39.2 Å². The fourth-order valence-electron chi connectivity index (χ4n) is 5.35. The maximum atomic E-state index is 12.5. The predicted octanol–water partition coefficient (Wildman–Crippen LogP) is 8.37. The highest BCUT2D eigenvalue weighted by Crippen LogP contribution is 2.29. The van der Waals surface area contributed by atoms with Crippen LogP contribution < -0.4 is 0 Å². The topological polar surface area (TPSA) is 138 Å². The lowest BCUT2D eigenvalue weighted by Crippen LogP contribution is -2.51. The average molecular weight is 585 g/mol.